The predicted octanol–water partition coefficient (Wildman–Crippen LogP) is 0.357. The number of nitrogens with one attached hydrogen (secondary N) is 1. The van der Waals surface area contributed by atoms with E-state index in [0.717, 1.165) is 5.56 Å². The number of amides is 1. The second-order valence-corrected chi connectivity index (χ2v) is 5.83. The van der Waals surface area contributed by atoms with Crippen LogP contribution in [0.25, 0.3) is 0 Å². The Bertz CT molecular complexity index is 552. The molecule has 2 unspecified atom stereocenters. The van der Waals surface area contributed by atoms with E-state index in [0.29, 0.717) is 0 Å². The minimum Gasteiger partial charge on any atom is -0.394 e. The fourth-order valence-electron chi connectivity index (χ4n) is 2.73. The molecule has 138 valence electrons. The molecule has 1 amide bonds. The number of carbonyl (C=O) groups excluding carboxylic acids is 1. The molecule has 0 bridgehead atoms. The Balaban J connectivity index is 2.17. The van der Waals surface area contributed by atoms with Crippen LogP contribution in [0.2, 0.25) is 0 Å². The van der Waals surface area contributed by atoms with Crippen LogP contribution >= 0.6 is 0 Å². The highest BCUT2D eigenvalue weighted by Crippen LogP contribution is 2.25. The van der Waals surface area contributed by atoms with Crippen LogP contribution in [-0.2, 0) is 25.6 Å². The maximum atomic E-state index is 11.6. The first-order chi connectivity index (χ1) is 12.1. The number of hydrogen-bond acceptors (Lipinski definition) is 6. The number of aliphatic hydroxyl groups excluding tert-OH is 2. The van der Waals surface area contributed by atoms with Crippen molar-refractivity contribution in [3.63, 3.8) is 0 Å². The van der Waals surface area contributed by atoms with E-state index in [1.807, 2.05) is 30.3 Å². The van der Waals surface area contributed by atoms with E-state index in [2.05, 4.69) is 11.9 Å². The van der Waals surface area contributed by atoms with E-state index in [1.54, 1.807) is 6.08 Å². The van der Waals surface area contributed by atoms with E-state index in [4.69, 9.17) is 14.2 Å². The van der Waals surface area contributed by atoms with Crippen LogP contribution in [-0.4, -0.2) is 60.0 Å². The van der Waals surface area contributed by atoms with Gasteiger partial charge in [-0.3, -0.25) is 4.79 Å². The Labute approximate surface area is 147 Å². The molecule has 1 fully saturated rings. The van der Waals surface area contributed by atoms with Gasteiger partial charge in [0.2, 0.25) is 5.91 Å². The normalized spacial score (nSPS) is 29.2. The fraction of sp³-hybridized carbons (Fsp3) is 0.500. The molecule has 25 heavy (non-hydrogen) atoms. The van der Waals surface area contributed by atoms with Gasteiger partial charge in [0.25, 0.3) is 0 Å². The summed E-state index contributed by atoms with van der Waals surface area (Å²) in [4.78, 5) is 11.6. The van der Waals surface area contributed by atoms with Crippen molar-refractivity contribution in [1.82, 2.24) is 5.32 Å². The summed E-state index contributed by atoms with van der Waals surface area (Å²) in [6, 6.07) is 8.74. The molecule has 3 N–H and O–H groups in total. The zero-order valence-electron chi connectivity index (χ0n) is 14.2. The van der Waals surface area contributed by atoms with Crippen LogP contribution < -0.4 is 5.32 Å². The molecule has 1 aliphatic rings. The first kappa shape index (κ1) is 19.6. The van der Waals surface area contributed by atoms with Gasteiger partial charge in [0.05, 0.1) is 19.8 Å². The van der Waals surface area contributed by atoms with Crippen LogP contribution in [0.5, 0.6) is 0 Å². The number of rotatable bonds is 8. The van der Waals surface area contributed by atoms with Crippen molar-refractivity contribution in [3.05, 3.63) is 48.6 Å². The highest BCUT2D eigenvalue weighted by atomic mass is 16.7. The average molecular weight is 351 g/mol. The Morgan fingerprint density at radius 3 is 2.68 bits per heavy atom. The molecule has 7 heteroatoms. The minimum atomic E-state index is -1.12. The highest BCUT2D eigenvalue weighted by Gasteiger charge is 2.46. The highest BCUT2D eigenvalue weighted by molar-refractivity contribution is 5.73. The zero-order valence-corrected chi connectivity index (χ0v) is 14.2. The quantitative estimate of drug-likeness (QED) is 0.585. The molecule has 7 nitrogen and oxygen atoms in total. The molecule has 1 aromatic rings. The summed E-state index contributed by atoms with van der Waals surface area (Å²) >= 11 is 0. The average Bonchev–Trinajstić information content (AvgIpc) is 2.61. The minimum absolute atomic E-state index is 0.195. The van der Waals surface area contributed by atoms with Crippen LogP contribution in [0, 0.1) is 0 Å². The Morgan fingerprint density at radius 1 is 1.36 bits per heavy atom. The van der Waals surface area contributed by atoms with Gasteiger partial charge in [-0.15, -0.1) is 6.58 Å². The first-order valence-corrected chi connectivity index (χ1v) is 8.16. The number of carbonyl (C=O) groups is 1. The smallest absolute Gasteiger partial charge is 0.217 e. The van der Waals surface area contributed by atoms with Crippen molar-refractivity contribution in [2.75, 3.05) is 13.2 Å². The van der Waals surface area contributed by atoms with Crippen molar-refractivity contribution < 1.29 is 29.2 Å². The summed E-state index contributed by atoms with van der Waals surface area (Å²) in [5, 5.41) is 22.7. The molecule has 2 rings (SSSR count). The van der Waals surface area contributed by atoms with Crippen molar-refractivity contribution in [2.45, 2.75) is 44.2 Å². The molecule has 0 spiro atoms. The molecular formula is C18H25NO6. The van der Waals surface area contributed by atoms with Gasteiger partial charge >= 0.3 is 0 Å². The summed E-state index contributed by atoms with van der Waals surface area (Å²) in [7, 11) is 0. The second kappa shape index (κ2) is 9.65. The van der Waals surface area contributed by atoms with Crippen LogP contribution in [0.15, 0.2) is 43.0 Å². The fourth-order valence-corrected chi connectivity index (χ4v) is 2.73. The van der Waals surface area contributed by atoms with E-state index in [1.165, 1.54) is 6.92 Å². The number of ether oxygens (including phenoxy) is 3. The van der Waals surface area contributed by atoms with Crippen LogP contribution in [0.1, 0.15) is 12.5 Å². The summed E-state index contributed by atoms with van der Waals surface area (Å²) < 4.78 is 17.0. The number of aliphatic hydroxyl groups is 2. The molecule has 1 aromatic carbocycles. The van der Waals surface area contributed by atoms with E-state index in [9.17, 15) is 15.0 Å². The topological polar surface area (TPSA) is 97.2 Å². The van der Waals surface area contributed by atoms with Crippen molar-refractivity contribution in [1.29, 1.82) is 0 Å². The standard InChI is InChI=1S/C18H25NO6/c1-3-9-23-18-15(19-12(2)21)17(16(22)14(10-20)25-18)24-11-13-7-5-4-6-8-13/h3-8,14-18,20,22H,1,9-11H2,2H3,(H,19,21)/t14?,15?,16-,17-,18-/m1/s1. The van der Waals surface area contributed by atoms with E-state index < -0.39 is 37.3 Å². The van der Waals surface area contributed by atoms with E-state index in [-0.39, 0.29) is 19.1 Å². The molecular weight excluding hydrogens is 326 g/mol. The summed E-state index contributed by atoms with van der Waals surface area (Å²) in [5.74, 6) is -0.302. The lowest BCUT2D eigenvalue weighted by atomic mass is 9.96. The predicted molar refractivity (Wildman–Crippen MR) is 90.5 cm³/mol. The Morgan fingerprint density at radius 2 is 2.08 bits per heavy atom. The summed E-state index contributed by atoms with van der Waals surface area (Å²) in [6.07, 6.45) is -2.12. The molecule has 0 radical (unpaired) electrons. The second-order valence-electron chi connectivity index (χ2n) is 5.83. The summed E-state index contributed by atoms with van der Waals surface area (Å²) in [5.41, 5.74) is 0.923. The number of hydrogen-bond donors (Lipinski definition) is 3. The molecule has 0 saturated carbocycles. The Hall–Kier alpha value is -1.77. The third kappa shape index (κ3) is 5.35. The maximum Gasteiger partial charge on any atom is 0.217 e. The summed E-state index contributed by atoms with van der Waals surface area (Å²) in [6.45, 7) is 4.99. The SMILES string of the molecule is C=CCO[C@@H]1OC(CO)[C@@H](O)[C@H](OCc2ccccc2)C1NC(C)=O. The van der Waals surface area contributed by atoms with E-state index >= 15 is 0 Å². The van der Waals surface area contributed by atoms with Gasteiger partial charge in [0.15, 0.2) is 6.29 Å². The number of benzene rings is 1. The van der Waals surface area contributed by atoms with Crippen LogP contribution in [0.3, 0.4) is 0 Å². The maximum absolute atomic E-state index is 11.6. The van der Waals surface area contributed by atoms with Crippen molar-refractivity contribution in [3.8, 4) is 0 Å². The van der Waals surface area contributed by atoms with Crippen LogP contribution in [0.4, 0.5) is 0 Å². The zero-order chi connectivity index (χ0) is 18.2. The molecule has 1 saturated heterocycles. The molecule has 0 aliphatic carbocycles. The molecule has 1 heterocycles. The monoisotopic (exact) mass is 351 g/mol. The van der Waals surface area contributed by atoms with Crippen molar-refractivity contribution >= 4 is 5.91 Å². The van der Waals surface area contributed by atoms with Gasteiger partial charge in [-0.1, -0.05) is 36.4 Å². The lowest BCUT2D eigenvalue weighted by Gasteiger charge is -2.44. The molecule has 0 aromatic heterocycles. The van der Waals surface area contributed by atoms with Crippen molar-refractivity contribution in [2.24, 2.45) is 0 Å². The van der Waals surface area contributed by atoms with Gasteiger partial charge in [-0.2, -0.15) is 0 Å². The van der Waals surface area contributed by atoms with Gasteiger partial charge in [-0.25, -0.2) is 0 Å². The molecule has 1 aliphatic heterocycles. The third-order valence-corrected chi connectivity index (χ3v) is 3.89. The molecule has 5 atom stereocenters. The van der Waals surface area contributed by atoms with Gasteiger partial charge in [0, 0.05) is 6.92 Å². The van der Waals surface area contributed by atoms with Gasteiger partial charge in [-0.05, 0) is 5.56 Å². The van der Waals surface area contributed by atoms with Gasteiger partial charge < -0.3 is 29.7 Å². The largest absolute Gasteiger partial charge is 0.394 e. The lowest BCUT2D eigenvalue weighted by Crippen LogP contribution is -2.65. The first-order valence-electron chi connectivity index (χ1n) is 8.16. The lowest BCUT2D eigenvalue weighted by molar-refractivity contribution is -0.275. The van der Waals surface area contributed by atoms with Gasteiger partial charge in [0.1, 0.15) is 24.4 Å². The Kier molecular flexibility index (Phi) is 7.54. The third-order valence-electron chi connectivity index (χ3n) is 3.89.